The number of halogens is 2. The normalized spacial score (nSPS) is 24.6. The van der Waals surface area contributed by atoms with E-state index in [9.17, 15) is 4.79 Å². The zero-order chi connectivity index (χ0) is 12.4. The van der Waals surface area contributed by atoms with Gasteiger partial charge in [-0.25, -0.2) is 0 Å². The first-order valence-electron chi connectivity index (χ1n) is 5.75. The highest BCUT2D eigenvalue weighted by atomic mass is 79.9. The Kier molecular flexibility index (Phi) is 4.15. The molecular weight excluding hydrogens is 305 g/mol. The maximum absolute atomic E-state index is 12.2. The third-order valence-electron chi connectivity index (χ3n) is 3.31. The summed E-state index contributed by atoms with van der Waals surface area (Å²) in [7, 11) is 1.83. The van der Waals surface area contributed by atoms with E-state index in [1.165, 1.54) is 19.1 Å². The van der Waals surface area contributed by atoms with Crippen LogP contribution in [0.4, 0.5) is 0 Å². The van der Waals surface area contributed by atoms with Crippen LogP contribution in [0.5, 0.6) is 0 Å². The first-order chi connectivity index (χ1) is 8.11. The number of carbonyl (C=O) groups excluding carboxylic acids is 1. The van der Waals surface area contributed by atoms with Crippen molar-refractivity contribution in [3.63, 3.8) is 0 Å². The van der Waals surface area contributed by atoms with Crippen LogP contribution in [0.3, 0.4) is 0 Å². The van der Waals surface area contributed by atoms with E-state index in [0.29, 0.717) is 10.4 Å². The van der Waals surface area contributed by atoms with Gasteiger partial charge in [0.05, 0.1) is 11.8 Å². The average Bonchev–Trinajstić information content (AvgIpc) is 2.74. The lowest BCUT2D eigenvalue weighted by molar-refractivity contribution is 0.0704. The molecule has 1 aromatic heterocycles. The first kappa shape index (κ1) is 13.0. The molecule has 0 N–H and O–H groups in total. The monoisotopic (exact) mass is 319 g/mol. The first-order valence-corrected chi connectivity index (χ1v) is 7.05. The Hall–Kier alpha value is -0.480. The van der Waals surface area contributed by atoms with E-state index in [2.05, 4.69) is 15.9 Å². The molecule has 2 unspecified atom stereocenters. The number of amides is 1. The second-order valence-electron chi connectivity index (χ2n) is 4.39. The van der Waals surface area contributed by atoms with Crippen LogP contribution in [0.25, 0.3) is 0 Å². The molecule has 94 valence electrons. The second kappa shape index (κ2) is 5.44. The maximum Gasteiger partial charge on any atom is 0.258 e. The number of hydrogen-bond acceptors (Lipinski definition) is 2. The number of alkyl halides is 1. The van der Waals surface area contributed by atoms with Gasteiger partial charge in [-0.3, -0.25) is 4.79 Å². The molecule has 2 atom stereocenters. The largest absolute Gasteiger partial charge is 0.452 e. The van der Waals surface area contributed by atoms with Gasteiger partial charge in [-0.1, -0.05) is 28.8 Å². The number of furan rings is 1. The number of hydrogen-bond donors (Lipinski definition) is 0. The third-order valence-corrected chi connectivity index (χ3v) is 4.67. The molecule has 2 rings (SSSR count). The molecule has 1 heterocycles. The Morgan fingerprint density at radius 3 is 2.82 bits per heavy atom. The highest BCUT2D eigenvalue weighted by Gasteiger charge is 2.30. The summed E-state index contributed by atoms with van der Waals surface area (Å²) in [6, 6.07) is 1.86. The molecule has 0 bridgehead atoms. The van der Waals surface area contributed by atoms with Gasteiger partial charge in [0.25, 0.3) is 5.91 Å². The van der Waals surface area contributed by atoms with Crippen molar-refractivity contribution in [3.05, 3.63) is 23.1 Å². The molecule has 1 fully saturated rings. The molecule has 0 radical (unpaired) electrons. The summed E-state index contributed by atoms with van der Waals surface area (Å²) in [6.45, 7) is 0. The molecule has 1 amide bonds. The summed E-state index contributed by atoms with van der Waals surface area (Å²) in [4.78, 5) is 14.4. The van der Waals surface area contributed by atoms with Crippen molar-refractivity contribution in [2.24, 2.45) is 0 Å². The predicted molar refractivity (Wildman–Crippen MR) is 70.8 cm³/mol. The van der Waals surface area contributed by atoms with Gasteiger partial charge in [-0.15, -0.1) is 0 Å². The van der Waals surface area contributed by atoms with Gasteiger partial charge in [-0.2, -0.15) is 0 Å². The van der Waals surface area contributed by atoms with Crippen LogP contribution in [0.1, 0.15) is 36.0 Å². The van der Waals surface area contributed by atoms with Gasteiger partial charge in [0, 0.05) is 17.9 Å². The molecule has 1 aliphatic rings. The molecule has 1 saturated carbocycles. The van der Waals surface area contributed by atoms with Gasteiger partial charge in [0.1, 0.15) is 0 Å². The van der Waals surface area contributed by atoms with E-state index >= 15 is 0 Å². The number of carbonyl (C=O) groups is 1. The topological polar surface area (TPSA) is 33.5 Å². The lowest BCUT2D eigenvalue weighted by Gasteiger charge is -2.35. The van der Waals surface area contributed by atoms with Crippen LogP contribution in [-0.4, -0.2) is 28.7 Å². The zero-order valence-electron chi connectivity index (χ0n) is 9.66. The van der Waals surface area contributed by atoms with Gasteiger partial charge >= 0.3 is 0 Å². The van der Waals surface area contributed by atoms with Crippen LogP contribution in [-0.2, 0) is 0 Å². The number of nitrogens with zero attached hydrogens (tertiary/aromatic N) is 1. The van der Waals surface area contributed by atoms with Gasteiger partial charge < -0.3 is 9.32 Å². The second-order valence-corrected chi connectivity index (χ2v) is 5.91. The summed E-state index contributed by atoms with van der Waals surface area (Å²) < 4.78 is 4.96. The van der Waals surface area contributed by atoms with Gasteiger partial charge in [0.2, 0.25) is 5.22 Å². The van der Waals surface area contributed by atoms with E-state index in [-0.39, 0.29) is 17.2 Å². The Morgan fingerprint density at radius 2 is 2.24 bits per heavy atom. The number of rotatable bonds is 2. The summed E-state index contributed by atoms with van der Waals surface area (Å²) >= 11 is 9.48. The van der Waals surface area contributed by atoms with Crippen LogP contribution in [0.15, 0.2) is 16.7 Å². The van der Waals surface area contributed by atoms with Crippen LogP contribution in [0, 0.1) is 0 Å². The summed E-state index contributed by atoms with van der Waals surface area (Å²) in [5.41, 5.74) is 0.444. The van der Waals surface area contributed by atoms with Crippen molar-refractivity contribution in [3.8, 4) is 0 Å². The van der Waals surface area contributed by atoms with Crippen LogP contribution < -0.4 is 0 Å². The van der Waals surface area contributed by atoms with Crippen LogP contribution in [0.2, 0.25) is 5.22 Å². The Balaban J connectivity index is 2.11. The van der Waals surface area contributed by atoms with Crippen molar-refractivity contribution in [2.45, 2.75) is 36.6 Å². The van der Waals surface area contributed by atoms with Crippen molar-refractivity contribution < 1.29 is 9.21 Å². The van der Waals surface area contributed by atoms with E-state index in [0.717, 1.165) is 12.8 Å². The molecule has 1 aliphatic carbocycles. The lowest BCUT2D eigenvalue weighted by Crippen LogP contribution is -2.44. The Bertz CT molecular complexity index is 407. The lowest BCUT2D eigenvalue weighted by atomic mass is 9.94. The Morgan fingerprint density at radius 1 is 1.53 bits per heavy atom. The highest BCUT2D eigenvalue weighted by Crippen LogP contribution is 2.29. The molecule has 3 nitrogen and oxygen atoms in total. The SMILES string of the molecule is CN(C(=O)c1ccoc1Cl)C1CCCCC1Br. The fraction of sp³-hybridized carbons (Fsp3) is 0.583. The van der Waals surface area contributed by atoms with E-state index in [1.54, 1.807) is 11.0 Å². The molecule has 5 heteroatoms. The van der Waals surface area contributed by atoms with Gasteiger partial charge in [0.15, 0.2) is 0 Å². The summed E-state index contributed by atoms with van der Waals surface area (Å²) in [6.07, 6.45) is 5.98. The fourth-order valence-corrected chi connectivity index (χ4v) is 3.43. The van der Waals surface area contributed by atoms with Gasteiger partial charge in [-0.05, 0) is 30.5 Å². The quantitative estimate of drug-likeness (QED) is 0.778. The van der Waals surface area contributed by atoms with Crippen LogP contribution >= 0.6 is 27.5 Å². The average molecular weight is 321 g/mol. The molecule has 0 aromatic carbocycles. The maximum atomic E-state index is 12.2. The minimum atomic E-state index is -0.0694. The van der Waals surface area contributed by atoms with Crippen molar-refractivity contribution in [2.75, 3.05) is 7.05 Å². The van der Waals surface area contributed by atoms with Crippen molar-refractivity contribution in [1.29, 1.82) is 0 Å². The minimum Gasteiger partial charge on any atom is -0.452 e. The summed E-state index contributed by atoms with van der Waals surface area (Å²) in [5.74, 6) is -0.0694. The molecule has 17 heavy (non-hydrogen) atoms. The molecular formula is C12H15BrClNO2. The van der Waals surface area contributed by atoms with Crippen molar-refractivity contribution in [1.82, 2.24) is 4.90 Å². The molecule has 0 aliphatic heterocycles. The summed E-state index contributed by atoms with van der Waals surface area (Å²) in [5, 5.41) is 0.170. The zero-order valence-corrected chi connectivity index (χ0v) is 12.0. The highest BCUT2D eigenvalue weighted by molar-refractivity contribution is 9.09. The smallest absolute Gasteiger partial charge is 0.258 e. The Labute approximate surface area is 114 Å². The van der Waals surface area contributed by atoms with E-state index < -0.39 is 0 Å². The standard InChI is InChI=1S/C12H15BrClNO2/c1-15(10-5-3-2-4-9(10)13)12(16)8-6-7-17-11(8)14/h6-7,9-10H,2-5H2,1H3. The minimum absolute atomic E-state index is 0.0694. The molecule has 0 saturated heterocycles. The molecule has 1 aromatic rings. The third kappa shape index (κ3) is 2.68. The fourth-order valence-electron chi connectivity index (χ4n) is 2.29. The van der Waals surface area contributed by atoms with E-state index in [1.807, 2.05) is 7.05 Å². The van der Waals surface area contributed by atoms with E-state index in [4.69, 9.17) is 16.0 Å². The predicted octanol–water partition coefficient (Wildman–Crippen LogP) is 3.71. The van der Waals surface area contributed by atoms with Crippen molar-refractivity contribution >= 4 is 33.4 Å². The molecule has 0 spiro atoms.